The monoisotopic (exact) mass is 140 g/mol. The average Bonchev–Trinajstić information content (AvgIpc) is 1.88. The second kappa shape index (κ2) is 5.03. The standard InChI is InChI=1S/C8H16N2/c1-7(2)8(3)10-6-4-5-9/h4-10H,1-3H3/b6-4-,9-5?/t8-/m1/s1. The van der Waals surface area contributed by atoms with E-state index >= 15 is 0 Å². The van der Waals surface area contributed by atoms with Crippen LogP contribution in [0, 0.1) is 11.3 Å². The molecule has 0 aliphatic rings. The molecule has 1 atom stereocenters. The van der Waals surface area contributed by atoms with Crippen molar-refractivity contribution in [2.45, 2.75) is 26.8 Å². The van der Waals surface area contributed by atoms with Crippen LogP contribution in [0.5, 0.6) is 0 Å². The molecule has 0 heterocycles. The van der Waals surface area contributed by atoms with E-state index in [0.717, 1.165) is 0 Å². The maximum Gasteiger partial charge on any atom is 0.0250 e. The summed E-state index contributed by atoms with van der Waals surface area (Å²) in [5, 5.41) is 9.85. The van der Waals surface area contributed by atoms with Crippen LogP contribution in [0.1, 0.15) is 20.8 Å². The van der Waals surface area contributed by atoms with Crippen LogP contribution in [0.15, 0.2) is 12.3 Å². The molecule has 2 N–H and O–H groups in total. The quantitative estimate of drug-likeness (QED) is 0.574. The fraction of sp³-hybridized carbons (Fsp3) is 0.625. The van der Waals surface area contributed by atoms with Gasteiger partial charge in [-0.3, -0.25) is 0 Å². The van der Waals surface area contributed by atoms with Crippen molar-refractivity contribution in [1.29, 1.82) is 5.41 Å². The molecule has 2 nitrogen and oxygen atoms in total. The molecular formula is C8H16N2. The molecule has 10 heavy (non-hydrogen) atoms. The third-order valence-corrected chi connectivity index (χ3v) is 1.55. The van der Waals surface area contributed by atoms with Gasteiger partial charge < -0.3 is 10.7 Å². The van der Waals surface area contributed by atoms with Gasteiger partial charge in [-0.05, 0) is 25.1 Å². The molecule has 0 aromatic heterocycles. The average molecular weight is 140 g/mol. The molecule has 0 bridgehead atoms. The van der Waals surface area contributed by atoms with E-state index in [0.29, 0.717) is 12.0 Å². The number of allylic oxidation sites excluding steroid dienone is 1. The van der Waals surface area contributed by atoms with Gasteiger partial charge in [-0.1, -0.05) is 13.8 Å². The van der Waals surface area contributed by atoms with Gasteiger partial charge in [0, 0.05) is 12.3 Å². The zero-order valence-corrected chi connectivity index (χ0v) is 6.89. The minimum atomic E-state index is 0.483. The van der Waals surface area contributed by atoms with Gasteiger partial charge >= 0.3 is 0 Å². The Hall–Kier alpha value is -0.790. The van der Waals surface area contributed by atoms with Gasteiger partial charge in [-0.15, -0.1) is 0 Å². The SMILES string of the molecule is CC(C)[C@@H](C)N/C=C\C=N. The molecule has 0 aromatic rings. The summed E-state index contributed by atoms with van der Waals surface area (Å²) in [7, 11) is 0. The van der Waals surface area contributed by atoms with E-state index in [1.54, 1.807) is 12.3 Å². The van der Waals surface area contributed by atoms with Gasteiger partial charge in [0.05, 0.1) is 0 Å². The molecule has 0 rings (SSSR count). The molecule has 0 aliphatic heterocycles. The molecule has 0 aliphatic carbocycles. The first kappa shape index (κ1) is 9.21. The van der Waals surface area contributed by atoms with E-state index in [-0.39, 0.29) is 0 Å². The molecule has 0 spiro atoms. The summed E-state index contributed by atoms with van der Waals surface area (Å²) in [5.41, 5.74) is 0. The summed E-state index contributed by atoms with van der Waals surface area (Å²) in [6.45, 7) is 6.45. The Morgan fingerprint density at radius 1 is 1.30 bits per heavy atom. The predicted molar refractivity (Wildman–Crippen MR) is 45.4 cm³/mol. The van der Waals surface area contributed by atoms with Crippen molar-refractivity contribution in [3.8, 4) is 0 Å². The lowest BCUT2D eigenvalue weighted by Gasteiger charge is -2.14. The normalized spacial score (nSPS) is 14.0. The summed E-state index contributed by atoms with van der Waals surface area (Å²) < 4.78 is 0. The van der Waals surface area contributed by atoms with Crippen molar-refractivity contribution in [2.24, 2.45) is 5.92 Å². The Bertz CT molecular complexity index is 116. The Labute approximate surface area is 62.8 Å². The highest BCUT2D eigenvalue weighted by Gasteiger charge is 2.01. The van der Waals surface area contributed by atoms with E-state index < -0.39 is 0 Å². The highest BCUT2D eigenvalue weighted by Crippen LogP contribution is 1.98. The minimum absolute atomic E-state index is 0.483. The second-order valence-electron chi connectivity index (χ2n) is 2.73. The van der Waals surface area contributed by atoms with Crippen LogP contribution in [0.2, 0.25) is 0 Å². The minimum Gasteiger partial charge on any atom is -0.388 e. The van der Waals surface area contributed by atoms with Gasteiger partial charge in [-0.25, -0.2) is 0 Å². The van der Waals surface area contributed by atoms with Gasteiger partial charge in [0.1, 0.15) is 0 Å². The third-order valence-electron chi connectivity index (χ3n) is 1.55. The molecule has 0 radical (unpaired) electrons. The molecular weight excluding hydrogens is 124 g/mol. The molecule has 0 aromatic carbocycles. The fourth-order valence-electron chi connectivity index (χ4n) is 0.448. The summed E-state index contributed by atoms with van der Waals surface area (Å²) in [4.78, 5) is 0. The molecule has 0 saturated heterocycles. The number of hydrogen-bond acceptors (Lipinski definition) is 2. The van der Waals surface area contributed by atoms with Crippen LogP contribution in [-0.4, -0.2) is 12.3 Å². The molecule has 2 heteroatoms. The Morgan fingerprint density at radius 3 is 2.30 bits per heavy atom. The van der Waals surface area contributed by atoms with Crippen LogP contribution >= 0.6 is 0 Å². The van der Waals surface area contributed by atoms with E-state index in [2.05, 4.69) is 26.1 Å². The van der Waals surface area contributed by atoms with Crippen LogP contribution in [-0.2, 0) is 0 Å². The van der Waals surface area contributed by atoms with E-state index in [1.165, 1.54) is 6.21 Å². The third kappa shape index (κ3) is 4.13. The highest BCUT2D eigenvalue weighted by molar-refractivity contribution is 5.67. The van der Waals surface area contributed by atoms with Crippen molar-refractivity contribution in [3.05, 3.63) is 12.3 Å². The predicted octanol–water partition coefficient (Wildman–Crippen LogP) is 1.78. The summed E-state index contributed by atoms with van der Waals surface area (Å²) in [5.74, 6) is 0.635. The smallest absolute Gasteiger partial charge is 0.0250 e. The van der Waals surface area contributed by atoms with Crippen molar-refractivity contribution < 1.29 is 0 Å². The lowest BCUT2D eigenvalue weighted by atomic mass is 10.1. The van der Waals surface area contributed by atoms with Crippen molar-refractivity contribution in [1.82, 2.24) is 5.32 Å². The van der Waals surface area contributed by atoms with E-state index in [9.17, 15) is 0 Å². The number of rotatable bonds is 4. The lowest BCUT2D eigenvalue weighted by Crippen LogP contribution is -2.25. The topological polar surface area (TPSA) is 35.9 Å². The summed E-state index contributed by atoms with van der Waals surface area (Å²) in [6.07, 6.45) is 4.75. The van der Waals surface area contributed by atoms with Crippen LogP contribution < -0.4 is 5.32 Å². The maximum absolute atomic E-state index is 6.70. The Morgan fingerprint density at radius 2 is 1.90 bits per heavy atom. The van der Waals surface area contributed by atoms with Crippen LogP contribution in [0.4, 0.5) is 0 Å². The van der Waals surface area contributed by atoms with Crippen LogP contribution in [0.25, 0.3) is 0 Å². The van der Waals surface area contributed by atoms with Crippen molar-refractivity contribution in [2.75, 3.05) is 0 Å². The first-order chi connectivity index (χ1) is 4.68. The zero-order chi connectivity index (χ0) is 7.98. The van der Waals surface area contributed by atoms with Gasteiger partial charge in [0.25, 0.3) is 0 Å². The maximum atomic E-state index is 6.70. The largest absolute Gasteiger partial charge is 0.388 e. The fourth-order valence-corrected chi connectivity index (χ4v) is 0.448. The summed E-state index contributed by atoms with van der Waals surface area (Å²) in [6, 6.07) is 0.483. The van der Waals surface area contributed by atoms with E-state index in [1.807, 2.05) is 0 Å². The van der Waals surface area contributed by atoms with Gasteiger partial charge in [0.15, 0.2) is 0 Å². The summed E-state index contributed by atoms with van der Waals surface area (Å²) >= 11 is 0. The molecule has 0 fully saturated rings. The highest BCUT2D eigenvalue weighted by atomic mass is 14.9. The first-order valence-electron chi connectivity index (χ1n) is 3.60. The van der Waals surface area contributed by atoms with Gasteiger partial charge in [0.2, 0.25) is 0 Å². The Balaban J connectivity index is 3.48. The second-order valence-corrected chi connectivity index (χ2v) is 2.73. The first-order valence-corrected chi connectivity index (χ1v) is 3.60. The zero-order valence-electron chi connectivity index (χ0n) is 6.89. The molecule has 0 unspecified atom stereocenters. The Kier molecular flexibility index (Phi) is 4.63. The molecule has 0 amide bonds. The van der Waals surface area contributed by atoms with Crippen molar-refractivity contribution >= 4 is 6.21 Å². The lowest BCUT2D eigenvalue weighted by molar-refractivity contribution is 0.474. The number of hydrogen-bond donors (Lipinski definition) is 2. The van der Waals surface area contributed by atoms with Gasteiger partial charge in [-0.2, -0.15) is 0 Å². The molecule has 58 valence electrons. The number of nitrogens with one attached hydrogen (secondary N) is 2. The molecule has 0 saturated carbocycles. The van der Waals surface area contributed by atoms with Crippen molar-refractivity contribution in [3.63, 3.8) is 0 Å². The van der Waals surface area contributed by atoms with Crippen LogP contribution in [0.3, 0.4) is 0 Å². The van der Waals surface area contributed by atoms with E-state index in [4.69, 9.17) is 5.41 Å².